The monoisotopic (exact) mass is 464 g/mol. The van der Waals surface area contributed by atoms with Gasteiger partial charge in [-0.05, 0) is 79.9 Å². The Labute approximate surface area is 194 Å². The van der Waals surface area contributed by atoms with E-state index in [1.807, 2.05) is 43.3 Å². The van der Waals surface area contributed by atoms with E-state index in [1.54, 1.807) is 30.9 Å². The molecule has 4 rings (SSSR count). The van der Waals surface area contributed by atoms with Crippen LogP contribution in [0.2, 0.25) is 0 Å². The number of nitrogen functional groups attached to an aromatic ring is 1. The summed E-state index contributed by atoms with van der Waals surface area (Å²) >= 11 is 0. The van der Waals surface area contributed by atoms with Crippen molar-refractivity contribution in [1.29, 1.82) is 0 Å². The Balaban J connectivity index is 1.59. The van der Waals surface area contributed by atoms with Crippen LogP contribution in [0.15, 0.2) is 65.6 Å². The van der Waals surface area contributed by atoms with E-state index in [0.29, 0.717) is 25.3 Å². The van der Waals surface area contributed by atoms with Crippen LogP contribution in [-0.2, 0) is 16.4 Å². The molecule has 0 aliphatic carbocycles. The number of aryl methyl sites for hydroxylation is 1. The minimum Gasteiger partial charge on any atom is -0.491 e. The third kappa shape index (κ3) is 4.59. The van der Waals surface area contributed by atoms with Crippen LogP contribution in [0.1, 0.15) is 35.3 Å². The van der Waals surface area contributed by atoms with Crippen molar-refractivity contribution in [1.82, 2.24) is 4.90 Å². The minimum absolute atomic E-state index is 0.162. The van der Waals surface area contributed by atoms with Crippen LogP contribution in [0.3, 0.4) is 0 Å². The number of rotatable bonds is 4. The lowest BCUT2D eigenvalue weighted by Gasteiger charge is -2.20. The van der Waals surface area contributed by atoms with Gasteiger partial charge in [-0.2, -0.15) is 0 Å². The summed E-state index contributed by atoms with van der Waals surface area (Å²) < 4.78 is 30.6. The van der Waals surface area contributed by atoms with Crippen molar-refractivity contribution in [2.75, 3.05) is 18.9 Å². The fourth-order valence-corrected chi connectivity index (χ4v) is 4.87. The molecule has 7 heteroatoms. The topological polar surface area (TPSA) is 89.7 Å². The largest absolute Gasteiger partial charge is 0.491 e. The number of hydrogen-bond acceptors (Lipinski definition) is 5. The van der Waals surface area contributed by atoms with Crippen molar-refractivity contribution in [3.05, 3.63) is 77.4 Å². The minimum atomic E-state index is -3.38. The van der Waals surface area contributed by atoms with E-state index in [-0.39, 0.29) is 10.8 Å². The maximum Gasteiger partial charge on any atom is 0.254 e. The third-order valence-electron chi connectivity index (χ3n) is 5.99. The first-order valence-electron chi connectivity index (χ1n) is 10.9. The number of nitrogens with zero attached hydrogens (tertiary/aromatic N) is 1. The highest BCUT2D eigenvalue weighted by Gasteiger charge is 2.23. The summed E-state index contributed by atoms with van der Waals surface area (Å²) in [7, 11) is -3.38. The van der Waals surface area contributed by atoms with Crippen LogP contribution in [-0.4, -0.2) is 37.6 Å². The van der Waals surface area contributed by atoms with E-state index < -0.39 is 15.1 Å². The number of hydrogen-bond donors (Lipinski definition) is 1. The van der Waals surface area contributed by atoms with Crippen molar-refractivity contribution in [3.63, 3.8) is 0 Å². The molecule has 3 aromatic rings. The first-order chi connectivity index (χ1) is 15.7. The van der Waals surface area contributed by atoms with Crippen molar-refractivity contribution >= 4 is 21.4 Å². The van der Waals surface area contributed by atoms with Gasteiger partial charge >= 0.3 is 0 Å². The van der Waals surface area contributed by atoms with Gasteiger partial charge in [0.2, 0.25) is 0 Å². The predicted molar refractivity (Wildman–Crippen MR) is 130 cm³/mol. The Hall–Kier alpha value is -3.32. The molecular formula is C26H28N2O4S. The number of anilines is 1. The van der Waals surface area contributed by atoms with Gasteiger partial charge in [0.15, 0.2) is 9.84 Å². The number of ether oxygens (including phenoxy) is 1. The summed E-state index contributed by atoms with van der Waals surface area (Å²) in [5.41, 5.74) is 11.2. The Morgan fingerprint density at radius 2 is 1.67 bits per heavy atom. The molecule has 6 nitrogen and oxygen atoms in total. The van der Waals surface area contributed by atoms with Gasteiger partial charge in [-0.1, -0.05) is 18.2 Å². The maximum absolute atomic E-state index is 13.2. The molecule has 1 aliphatic heterocycles. The Bertz CT molecular complexity index is 1300. The number of carbonyl (C=O) groups excluding carboxylic acids is 1. The summed E-state index contributed by atoms with van der Waals surface area (Å²) in [5, 5.41) is -0.517. The number of sulfone groups is 1. The number of carbonyl (C=O) groups is 1. The second-order valence-corrected chi connectivity index (χ2v) is 11.1. The van der Waals surface area contributed by atoms with Crippen molar-refractivity contribution in [3.8, 4) is 16.9 Å². The fourth-order valence-electron chi connectivity index (χ4n) is 3.81. The molecule has 0 saturated carbocycles. The molecule has 0 bridgehead atoms. The Morgan fingerprint density at radius 3 is 2.33 bits per heavy atom. The molecule has 0 aromatic heterocycles. The van der Waals surface area contributed by atoms with Crippen molar-refractivity contribution < 1.29 is 17.9 Å². The Morgan fingerprint density at radius 1 is 1.00 bits per heavy atom. The van der Waals surface area contributed by atoms with Gasteiger partial charge in [0.1, 0.15) is 12.4 Å². The molecule has 0 fully saturated rings. The molecule has 0 saturated heterocycles. The van der Waals surface area contributed by atoms with Gasteiger partial charge in [0.25, 0.3) is 5.91 Å². The molecule has 1 amide bonds. The quantitative estimate of drug-likeness (QED) is 0.576. The van der Waals surface area contributed by atoms with Gasteiger partial charge in [-0.15, -0.1) is 0 Å². The zero-order chi connectivity index (χ0) is 23.8. The van der Waals surface area contributed by atoms with Gasteiger partial charge < -0.3 is 15.4 Å². The number of nitrogens with two attached hydrogens (primary N) is 1. The normalized spacial score (nSPS) is 13.9. The molecule has 0 radical (unpaired) electrons. The molecule has 1 aliphatic rings. The van der Waals surface area contributed by atoms with E-state index in [2.05, 4.69) is 0 Å². The fraction of sp³-hybridized carbons (Fsp3) is 0.269. The van der Waals surface area contributed by atoms with Crippen molar-refractivity contribution in [2.45, 2.75) is 37.5 Å². The Kier molecular flexibility index (Phi) is 6.17. The van der Waals surface area contributed by atoms with Crippen LogP contribution in [0.25, 0.3) is 11.1 Å². The highest BCUT2D eigenvalue weighted by molar-refractivity contribution is 7.92. The first-order valence-corrected chi connectivity index (χ1v) is 12.5. The zero-order valence-corrected chi connectivity index (χ0v) is 19.9. The lowest BCUT2D eigenvalue weighted by Crippen LogP contribution is -2.32. The molecule has 2 N–H and O–H groups in total. The highest BCUT2D eigenvalue weighted by atomic mass is 32.2. The smallest absolute Gasteiger partial charge is 0.254 e. The summed E-state index contributed by atoms with van der Waals surface area (Å²) in [6, 6.07) is 18.1. The predicted octanol–water partition coefficient (Wildman–Crippen LogP) is 4.46. The van der Waals surface area contributed by atoms with Crippen molar-refractivity contribution in [2.24, 2.45) is 0 Å². The van der Waals surface area contributed by atoms with E-state index in [4.69, 9.17) is 10.5 Å². The lowest BCUT2D eigenvalue weighted by molar-refractivity contribution is 0.0733. The summed E-state index contributed by atoms with van der Waals surface area (Å²) in [5.74, 6) is 0.595. The van der Waals surface area contributed by atoms with Crippen LogP contribution in [0.4, 0.5) is 5.69 Å². The molecule has 0 atom stereocenters. The molecule has 0 spiro atoms. The van der Waals surface area contributed by atoms with Crippen LogP contribution in [0.5, 0.6) is 5.75 Å². The molecule has 1 heterocycles. The maximum atomic E-state index is 13.2. The molecular weight excluding hydrogens is 436 g/mol. The van der Waals surface area contributed by atoms with E-state index in [0.717, 1.165) is 33.7 Å². The van der Waals surface area contributed by atoms with Gasteiger partial charge in [-0.25, -0.2) is 8.42 Å². The standard InChI is InChI=1S/C26H28N2O4S/c1-17(2)33(30,31)23-9-6-19(7-10-23)26(29)28-12-13-32-25-11-8-20(14-22(25)16-28)21-5-4-18(3)24(27)15-21/h4-11,14-15,17H,12-13,16,27H2,1-3H3. The van der Waals surface area contributed by atoms with Crippen LogP contribution >= 0.6 is 0 Å². The second-order valence-electron chi connectivity index (χ2n) is 8.59. The summed E-state index contributed by atoms with van der Waals surface area (Å²) in [6.07, 6.45) is 0. The number of amides is 1. The third-order valence-corrected chi connectivity index (χ3v) is 8.16. The summed E-state index contributed by atoms with van der Waals surface area (Å²) in [6.45, 7) is 6.47. The van der Waals surface area contributed by atoms with Crippen LogP contribution in [0, 0.1) is 6.92 Å². The molecule has 3 aromatic carbocycles. The molecule has 33 heavy (non-hydrogen) atoms. The van der Waals surface area contributed by atoms with Gasteiger partial charge in [0.05, 0.1) is 16.7 Å². The summed E-state index contributed by atoms with van der Waals surface area (Å²) in [4.78, 5) is 15.1. The highest BCUT2D eigenvalue weighted by Crippen LogP contribution is 2.31. The van der Waals surface area contributed by atoms with Gasteiger partial charge in [0, 0.05) is 23.4 Å². The number of benzene rings is 3. The zero-order valence-electron chi connectivity index (χ0n) is 19.0. The van der Waals surface area contributed by atoms with E-state index in [9.17, 15) is 13.2 Å². The van der Waals surface area contributed by atoms with E-state index >= 15 is 0 Å². The number of fused-ring (bicyclic) bond motifs is 1. The lowest BCUT2D eigenvalue weighted by atomic mass is 10.00. The molecule has 0 unspecified atom stereocenters. The second kappa shape index (κ2) is 8.90. The SMILES string of the molecule is Cc1ccc(-c2ccc3c(c2)CN(C(=O)c2ccc(S(=O)(=O)C(C)C)cc2)CCO3)cc1N. The average Bonchev–Trinajstić information content (AvgIpc) is 3.02. The average molecular weight is 465 g/mol. The molecule has 172 valence electrons. The van der Waals surface area contributed by atoms with E-state index in [1.165, 1.54) is 12.1 Å². The first kappa shape index (κ1) is 22.9. The van der Waals surface area contributed by atoms with Crippen LogP contribution < -0.4 is 10.5 Å². The van der Waals surface area contributed by atoms with Gasteiger partial charge in [-0.3, -0.25) is 4.79 Å².